The molecular formula is C14H20O3S. The van der Waals surface area contributed by atoms with E-state index in [-0.39, 0.29) is 5.78 Å². The summed E-state index contributed by atoms with van der Waals surface area (Å²) in [5.74, 6) is 1.57. The molecule has 0 aliphatic rings. The normalized spacial score (nSPS) is 12.2. The first-order chi connectivity index (χ1) is 8.72. The third-order valence-electron chi connectivity index (χ3n) is 2.34. The quantitative estimate of drug-likeness (QED) is 0.535. The Morgan fingerprint density at radius 1 is 1.39 bits per heavy atom. The molecule has 0 saturated heterocycles. The lowest BCUT2D eigenvalue weighted by Gasteiger charge is -2.13. The van der Waals surface area contributed by atoms with Gasteiger partial charge in [0, 0.05) is 12.7 Å². The van der Waals surface area contributed by atoms with Crippen molar-refractivity contribution in [1.82, 2.24) is 0 Å². The minimum atomic E-state index is -0.434. The van der Waals surface area contributed by atoms with Crippen LogP contribution in [-0.4, -0.2) is 30.7 Å². The summed E-state index contributed by atoms with van der Waals surface area (Å²) in [7, 11) is 1.56. The van der Waals surface area contributed by atoms with E-state index in [0.717, 1.165) is 17.9 Å². The molecule has 0 radical (unpaired) electrons. The highest BCUT2D eigenvalue weighted by Crippen LogP contribution is 2.20. The van der Waals surface area contributed by atoms with Gasteiger partial charge in [0.15, 0.2) is 5.44 Å². The zero-order chi connectivity index (χ0) is 13.4. The Hall–Kier alpha value is -1.00. The molecule has 0 amide bonds. The average Bonchev–Trinajstić information content (AvgIpc) is 2.42. The number of carbonyl (C=O) groups is 1. The summed E-state index contributed by atoms with van der Waals surface area (Å²) in [6.45, 7) is 4.72. The first-order valence-electron chi connectivity index (χ1n) is 6.14. The van der Waals surface area contributed by atoms with Crippen molar-refractivity contribution in [3.8, 4) is 5.75 Å². The van der Waals surface area contributed by atoms with Crippen LogP contribution < -0.4 is 4.74 Å². The number of thioether (sulfide) groups is 1. The molecule has 0 fully saturated rings. The molecule has 1 aromatic rings. The van der Waals surface area contributed by atoms with Gasteiger partial charge in [-0.15, -0.1) is 11.8 Å². The number of carbonyl (C=O) groups excluding carboxylic acids is 1. The topological polar surface area (TPSA) is 35.5 Å². The van der Waals surface area contributed by atoms with E-state index >= 15 is 0 Å². The number of hydrogen-bond donors (Lipinski definition) is 0. The Bertz CT molecular complexity index is 379. The minimum absolute atomic E-state index is 0.00806. The first kappa shape index (κ1) is 15.1. The number of ketones is 1. The molecule has 0 spiro atoms. The summed E-state index contributed by atoms with van der Waals surface area (Å²) in [5, 5.41) is 0. The summed E-state index contributed by atoms with van der Waals surface area (Å²) in [5.41, 5.74) is 0.202. The lowest BCUT2D eigenvalue weighted by molar-refractivity contribution is 0.0794. The second kappa shape index (κ2) is 8.16. The predicted molar refractivity (Wildman–Crippen MR) is 75.5 cm³/mol. The predicted octanol–water partition coefficient (Wildman–Crippen LogP) is 3.38. The van der Waals surface area contributed by atoms with E-state index in [1.807, 2.05) is 26.0 Å². The molecule has 0 N–H and O–H groups in total. The van der Waals surface area contributed by atoms with Crippen LogP contribution in [-0.2, 0) is 4.74 Å². The van der Waals surface area contributed by atoms with Crippen molar-refractivity contribution in [3.05, 3.63) is 29.8 Å². The molecule has 0 aromatic heterocycles. The van der Waals surface area contributed by atoms with Gasteiger partial charge in [-0.2, -0.15) is 0 Å². The van der Waals surface area contributed by atoms with E-state index in [1.54, 1.807) is 19.2 Å². The number of benzene rings is 1. The monoisotopic (exact) mass is 268 g/mol. The van der Waals surface area contributed by atoms with Crippen molar-refractivity contribution in [2.75, 3.05) is 19.5 Å². The first-order valence-corrected chi connectivity index (χ1v) is 7.19. The summed E-state index contributed by atoms with van der Waals surface area (Å²) in [6.07, 6.45) is 0.949. The minimum Gasteiger partial charge on any atom is -0.494 e. The van der Waals surface area contributed by atoms with Crippen LogP contribution in [0.5, 0.6) is 5.75 Å². The molecular weight excluding hydrogens is 248 g/mol. The second-order valence-electron chi connectivity index (χ2n) is 3.76. The molecule has 0 heterocycles. The maximum absolute atomic E-state index is 12.2. The SMILES string of the molecule is CCCOc1cccc(C(=O)C(OC)SCC)c1. The highest BCUT2D eigenvalue weighted by Gasteiger charge is 2.19. The molecule has 18 heavy (non-hydrogen) atoms. The number of Topliss-reactive ketones (excluding diaryl/α,β-unsaturated/α-hetero) is 1. The van der Waals surface area contributed by atoms with Gasteiger partial charge >= 0.3 is 0 Å². The lowest BCUT2D eigenvalue weighted by Crippen LogP contribution is -2.19. The number of methoxy groups -OCH3 is 1. The Balaban J connectivity index is 2.78. The molecule has 0 saturated carbocycles. The van der Waals surface area contributed by atoms with Crippen LogP contribution >= 0.6 is 11.8 Å². The molecule has 1 unspecified atom stereocenters. The van der Waals surface area contributed by atoms with Crippen molar-refractivity contribution in [2.45, 2.75) is 25.7 Å². The third-order valence-corrected chi connectivity index (χ3v) is 3.38. The van der Waals surface area contributed by atoms with Crippen LogP contribution in [0.25, 0.3) is 0 Å². The molecule has 0 bridgehead atoms. The van der Waals surface area contributed by atoms with E-state index in [1.165, 1.54) is 11.8 Å². The van der Waals surface area contributed by atoms with Crippen LogP contribution in [0.1, 0.15) is 30.6 Å². The van der Waals surface area contributed by atoms with Crippen molar-refractivity contribution in [2.24, 2.45) is 0 Å². The fraction of sp³-hybridized carbons (Fsp3) is 0.500. The van der Waals surface area contributed by atoms with Crippen LogP contribution in [0.15, 0.2) is 24.3 Å². The molecule has 1 rings (SSSR count). The highest BCUT2D eigenvalue weighted by atomic mass is 32.2. The summed E-state index contributed by atoms with van der Waals surface area (Å²) in [4.78, 5) is 12.2. The summed E-state index contributed by atoms with van der Waals surface area (Å²) >= 11 is 1.49. The van der Waals surface area contributed by atoms with Crippen molar-refractivity contribution in [3.63, 3.8) is 0 Å². The van der Waals surface area contributed by atoms with Gasteiger partial charge < -0.3 is 9.47 Å². The van der Waals surface area contributed by atoms with Gasteiger partial charge in [0.25, 0.3) is 0 Å². The lowest BCUT2D eigenvalue weighted by atomic mass is 10.1. The maximum atomic E-state index is 12.2. The largest absolute Gasteiger partial charge is 0.494 e. The fourth-order valence-corrected chi connectivity index (χ4v) is 2.22. The van der Waals surface area contributed by atoms with Gasteiger partial charge in [-0.1, -0.05) is 26.0 Å². The van der Waals surface area contributed by atoms with Gasteiger partial charge in [-0.25, -0.2) is 0 Å². The zero-order valence-electron chi connectivity index (χ0n) is 11.1. The standard InChI is InChI=1S/C14H20O3S/c1-4-9-17-12-8-6-7-11(10-12)13(15)14(16-3)18-5-2/h6-8,10,14H,4-5,9H2,1-3H3. The molecule has 0 aliphatic heterocycles. The van der Waals surface area contributed by atoms with E-state index in [0.29, 0.717) is 12.2 Å². The second-order valence-corrected chi connectivity index (χ2v) is 5.10. The van der Waals surface area contributed by atoms with E-state index < -0.39 is 5.44 Å². The Morgan fingerprint density at radius 3 is 2.78 bits per heavy atom. The van der Waals surface area contributed by atoms with Crippen molar-refractivity contribution < 1.29 is 14.3 Å². The van der Waals surface area contributed by atoms with E-state index in [2.05, 4.69) is 0 Å². The maximum Gasteiger partial charge on any atom is 0.201 e. The number of ether oxygens (including phenoxy) is 2. The summed E-state index contributed by atoms with van der Waals surface area (Å²) in [6, 6.07) is 7.27. The van der Waals surface area contributed by atoms with E-state index in [4.69, 9.17) is 9.47 Å². The zero-order valence-corrected chi connectivity index (χ0v) is 12.0. The Morgan fingerprint density at radius 2 is 2.17 bits per heavy atom. The molecule has 100 valence electrons. The van der Waals surface area contributed by atoms with E-state index in [9.17, 15) is 4.79 Å². The molecule has 1 atom stereocenters. The Kier molecular flexibility index (Phi) is 6.83. The highest BCUT2D eigenvalue weighted by molar-refractivity contribution is 8.00. The van der Waals surface area contributed by atoms with Gasteiger partial charge in [0.05, 0.1) is 6.61 Å². The third kappa shape index (κ3) is 4.35. The fourth-order valence-electron chi connectivity index (χ4n) is 1.50. The summed E-state index contributed by atoms with van der Waals surface area (Å²) < 4.78 is 10.7. The van der Waals surface area contributed by atoms with Crippen LogP contribution in [0.4, 0.5) is 0 Å². The Labute approximate surface area is 113 Å². The van der Waals surface area contributed by atoms with Gasteiger partial charge in [0.2, 0.25) is 5.78 Å². The van der Waals surface area contributed by atoms with Gasteiger partial charge in [-0.05, 0) is 24.3 Å². The molecule has 3 nitrogen and oxygen atoms in total. The molecule has 0 aliphatic carbocycles. The smallest absolute Gasteiger partial charge is 0.201 e. The number of rotatable bonds is 8. The van der Waals surface area contributed by atoms with Gasteiger partial charge in [-0.3, -0.25) is 4.79 Å². The van der Waals surface area contributed by atoms with Crippen LogP contribution in [0.2, 0.25) is 0 Å². The van der Waals surface area contributed by atoms with Crippen molar-refractivity contribution in [1.29, 1.82) is 0 Å². The average molecular weight is 268 g/mol. The number of hydrogen-bond acceptors (Lipinski definition) is 4. The van der Waals surface area contributed by atoms with Gasteiger partial charge in [0.1, 0.15) is 5.75 Å². The van der Waals surface area contributed by atoms with Crippen LogP contribution in [0.3, 0.4) is 0 Å². The van der Waals surface area contributed by atoms with Crippen molar-refractivity contribution >= 4 is 17.5 Å². The van der Waals surface area contributed by atoms with Crippen LogP contribution in [0, 0.1) is 0 Å². The molecule has 1 aromatic carbocycles. The molecule has 4 heteroatoms.